The molecule has 1 heterocycles. The fourth-order valence-electron chi connectivity index (χ4n) is 3.23. The van der Waals surface area contributed by atoms with Gasteiger partial charge in [-0.25, -0.2) is 0 Å². The molecule has 2 aromatic rings. The van der Waals surface area contributed by atoms with Crippen LogP contribution in [0.4, 0.5) is 11.4 Å². The first-order valence-electron chi connectivity index (χ1n) is 9.33. The molecule has 0 aromatic heterocycles. The van der Waals surface area contributed by atoms with Crippen molar-refractivity contribution in [1.29, 1.82) is 0 Å². The van der Waals surface area contributed by atoms with E-state index >= 15 is 0 Å². The number of nitrogens with zero attached hydrogens (tertiary/aromatic N) is 2. The average Bonchev–Trinajstić information content (AvgIpc) is 2.73. The van der Waals surface area contributed by atoms with Crippen molar-refractivity contribution in [3.05, 3.63) is 48.5 Å². The number of carbonyl (C=O) groups is 1. The van der Waals surface area contributed by atoms with Gasteiger partial charge in [-0.15, -0.1) is 0 Å². The van der Waals surface area contributed by atoms with Crippen LogP contribution in [0, 0.1) is 0 Å². The van der Waals surface area contributed by atoms with Gasteiger partial charge in [0, 0.05) is 26.2 Å². The smallest absolute Gasteiger partial charge is 0.262 e. The zero-order valence-corrected chi connectivity index (χ0v) is 16.0. The molecule has 0 saturated carbocycles. The quantitative estimate of drug-likeness (QED) is 0.813. The Hall–Kier alpha value is -2.73. The Labute approximate surface area is 160 Å². The molecule has 1 aliphatic heterocycles. The molecule has 0 aliphatic carbocycles. The van der Waals surface area contributed by atoms with Crippen molar-refractivity contribution in [3.63, 3.8) is 0 Å². The summed E-state index contributed by atoms with van der Waals surface area (Å²) >= 11 is 0. The van der Waals surface area contributed by atoms with E-state index in [0.717, 1.165) is 44.1 Å². The first kappa shape index (κ1) is 19.0. The third-order valence-electron chi connectivity index (χ3n) is 4.77. The summed E-state index contributed by atoms with van der Waals surface area (Å²) in [6.45, 7) is 7.18. The van der Waals surface area contributed by atoms with Gasteiger partial charge in [-0.2, -0.15) is 0 Å². The van der Waals surface area contributed by atoms with Crippen LogP contribution >= 0.6 is 0 Å². The van der Waals surface area contributed by atoms with Crippen molar-refractivity contribution >= 4 is 17.3 Å². The maximum Gasteiger partial charge on any atom is 0.262 e. The lowest BCUT2D eigenvalue weighted by Crippen LogP contribution is -2.46. The number of carbonyl (C=O) groups excluding carboxylic acids is 1. The number of piperazine rings is 1. The number of likely N-dealkylation sites (N-methyl/N-ethyl adjacent to an activating group) is 1. The number of methoxy groups -OCH3 is 1. The molecule has 0 unspecified atom stereocenters. The Kier molecular flexibility index (Phi) is 6.54. The minimum absolute atomic E-state index is 0.0711. The standard InChI is InChI=1S/C21H27N3O3/c1-3-23-12-14-24(15-13-23)18-9-5-4-8-17(18)22-21(25)16-27-20-11-7-6-10-19(20)26-2/h4-11H,3,12-16H2,1-2H3,(H,22,25). The summed E-state index contributed by atoms with van der Waals surface area (Å²) in [4.78, 5) is 17.2. The molecule has 3 rings (SSSR count). The normalized spacial score (nSPS) is 14.7. The molecule has 1 N–H and O–H groups in total. The molecule has 1 saturated heterocycles. The van der Waals surface area contributed by atoms with Crippen LogP contribution in [0.3, 0.4) is 0 Å². The number of rotatable bonds is 7. The second-order valence-corrected chi connectivity index (χ2v) is 6.43. The lowest BCUT2D eigenvalue weighted by molar-refractivity contribution is -0.118. The summed E-state index contributed by atoms with van der Waals surface area (Å²) < 4.78 is 10.9. The van der Waals surface area contributed by atoms with Gasteiger partial charge in [0.05, 0.1) is 18.5 Å². The van der Waals surface area contributed by atoms with E-state index in [1.165, 1.54) is 0 Å². The van der Waals surface area contributed by atoms with E-state index in [-0.39, 0.29) is 12.5 Å². The predicted octanol–water partition coefficient (Wildman–Crippen LogP) is 2.85. The van der Waals surface area contributed by atoms with E-state index in [1.54, 1.807) is 19.2 Å². The van der Waals surface area contributed by atoms with Gasteiger partial charge >= 0.3 is 0 Å². The van der Waals surface area contributed by atoms with Gasteiger partial charge in [0.2, 0.25) is 0 Å². The first-order chi connectivity index (χ1) is 13.2. The van der Waals surface area contributed by atoms with Gasteiger partial charge in [-0.05, 0) is 30.8 Å². The number of benzene rings is 2. The lowest BCUT2D eigenvalue weighted by Gasteiger charge is -2.36. The number of nitrogens with one attached hydrogen (secondary N) is 1. The SMILES string of the molecule is CCN1CCN(c2ccccc2NC(=O)COc2ccccc2OC)CC1. The molecule has 27 heavy (non-hydrogen) atoms. The molecule has 6 heteroatoms. The first-order valence-corrected chi connectivity index (χ1v) is 9.33. The molecule has 1 amide bonds. The number of para-hydroxylation sites is 4. The molecule has 1 aliphatic rings. The van der Waals surface area contributed by atoms with Gasteiger partial charge in [0.25, 0.3) is 5.91 Å². The van der Waals surface area contributed by atoms with Crippen LogP contribution in [-0.2, 0) is 4.79 Å². The van der Waals surface area contributed by atoms with Crippen LogP contribution in [0.15, 0.2) is 48.5 Å². The fourth-order valence-corrected chi connectivity index (χ4v) is 3.23. The maximum atomic E-state index is 12.4. The van der Waals surface area contributed by atoms with Crippen molar-refractivity contribution in [2.75, 3.05) is 56.7 Å². The summed E-state index contributed by atoms with van der Waals surface area (Å²) in [5.74, 6) is 0.971. The molecule has 0 atom stereocenters. The van der Waals surface area contributed by atoms with Crippen molar-refractivity contribution in [3.8, 4) is 11.5 Å². The molecule has 0 radical (unpaired) electrons. The Morgan fingerprint density at radius 1 is 1.00 bits per heavy atom. The summed E-state index contributed by atoms with van der Waals surface area (Å²) in [7, 11) is 1.58. The van der Waals surface area contributed by atoms with Crippen LogP contribution in [-0.4, -0.2) is 57.2 Å². The van der Waals surface area contributed by atoms with E-state index in [0.29, 0.717) is 11.5 Å². The number of hydrogen-bond donors (Lipinski definition) is 1. The second-order valence-electron chi connectivity index (χ2n) is 6.43. The molecular formula is C21H27N3O3. The zero-order valence-electron chi connectivity index (χ0n) is 16.0. The van der Waals surface area contributed by atoms with Crippen LogP contribution in [0.2, 0.25) is 0 Å². The highest BCUT2D eigenvalue weighted by Crippen LogP contribution is 2.28. The monoisotopic (exact) mass is 369 g/mol. The molecule has 144 valence electrons. The van der Waals surface area contributed by atoms with E-state index in [1.807, 2.05) is 30.3 Å². The van der Waals surface area contributed by atoms with E-state index in [9.17, 15) is 4.79 Å². The van der Waals surface area contributed by atoms with Crippen LogP contribution in [0.1, 0.15) is 6.92 Å². The van der Waals surface area contributed by atoms with Crippen molar-refractivity contribution in [2.45, 2.75) is 6.92 Å². The number of hydrogen-bond acceptors (Lipinski definition) is 5. The van der Waals surface area contributed by atoms with Gasteiger partial charge in [-0.1, -0.05) is 31.2 Å². The molecular weight excluding hydrogens is 342 g/mol. The minimum Gasteiger partial charge on any atom is -0.493 e. The molecule has 1 fully saturated rings. The molecule has 2 aromatic carbocycles. The third-order valence-corrected chi connectivity index (χ3v) is 4.77. The minimum atomic E-state index is -0.194. The highest BCUT2D eigenvalue weighted by Gasteiger charge is 2.19. The Morgan fingerprint density at radius 3 is 2.37 bits per heavy atom. The highest BCUT2D eigenvalue weighted by molar-refractivity contribution is 5.95. The lowest BCUT2D eigenvalue weighted by atomic mass is 10.2. The molecule has 0 bridgehead atoms. The van der Waals surface area contributed by atoms with Gasteiger partial charge in [0.15, 0.2) is 18.1 Å². The van der Waals surface area contributed by atoms with Crippen molar-refractivity contribution < 1.29 is 14.3 Å². The third kappa shape index (κ3) is 4.92. The maximum absolute atomic E-state index is 12.4. The summed E-state index contributed by atoms with van der Waals surface area (Å²) in [5, 5.41) is 2.98. The predicted molar refractivity (Wildman–Crippen MR) is 108 cm³/mol. The summed E-state index contributed by atoms with van der Waals surface area (Å²) in [6.07, 6.45) is 0. The van der Waals surface area contributed by atoms with E-state index in [4.69, 9.17) is 9.47 Å². The van der Waals surface area contributed by atoms with E-state index in [2.05, 4.69) is 28.1 Å². The van der Waals surface area contributed by atoms with Crippen LogP contribution in [0.5, 0.6) is 11.5 Å². The Balaban J connectivity index is 1.61. The Morgan fingerprint density at radius 2 is 1.67 bits per heavy atom. The van der Waals surface area contributed by atoms with Crippen LogP contribution in [0.25, 0.3) is 0 Å². The summed E-state index contributed by atoms with van der Waals surface area (Å²) in [6, 6.07) is 15.2. The van der Waals surface area contributed by atoms with E-state index < -0.39 is 0 Å². The number of anilines is 2. The van der Waals surface area contributed by atoms with Gasteiger partial charge in [0.1, 0.15) is 0 Å². The zero-order chi connectivity index (χ0) is 19.1. The second kappa shape index (κ2) is 9.28. The topological polar surface area (TPSA) is 54.0 Å². The molecule has 6 nitrogen and oxygen atoms in total. The van der Waals surface area contributed by atoms with Crippen molar-refractivity contribution in [2.24, 2.45) is 0 Å². The largest absolute Gasteiger partial charge is 0.493 e. The van der Waals surface area contributed by atoms with Gasteiger partial charge in [-0.3, -0.25) is 4.79 Å². The average molecular weight is 369 g/mol. The number of amides is 1. The molecule has 0 spiro atoms. The van der Waals surface area contributed by atoms with Crippen molar-refractivity contribution in [1.82, 2.24) is 4.90 Å². The van der Waals surface area contributed by atoms with Crippen LogP contribution < -0.4 is 19.7 Å². The highest BCUT2D eigenvalue weighted by atomic mass is 16.5. The Bertz CT molecular complexity index is 758. The number of ether oxygens (including phenoxy) is 2. The summed E-state index contributed by atoms with van der Waals surface area (Å²) in [5.41, 5.74) is 1.87. The van der Waals surface area contributed by atoms with Gasteiger partial charge < -0.3 is 24.6 Å². The fraction of sp³-hybridized carbons (Fsp3) is 0.381.